The Morgan fingerprint density at radius 1 is 0.543 bits per heavy atom. The molecule has 3 amide bonds. The van der Waals surface area contributed by atoms with Crippen LogP contribution in [0, 0.1) is 0 Å². The summed E-state index contributed by atoms with van der Waals surface area (Å²) in [5.41, 5.74) is 0. The molecule has 0 aromatic heterocycles. The minimum Gasteiger partial charge on any atom is -0.394 e. The highest BCUT2D eigenvalue weighted by molar-refractivity contribution is 5.76. The van der Waals surface area contributed by atoms with Crippen LogP contribution in [0.5, 0.6) is 0 Å². The SMILES string of the molecule is CCCCCC/C=C\CCCCCCCCCC(=O)N[C@H]1[C@H](O[C@H]2[C@H](O)[C@@H](NC(C)=O)[C@H](O[C@H]3[C@H](O)[C@@H](NC(C)=O)C(O)O[C@@H]3CO[C@@H]3O[C@@H](C)[C@@H](O)[C@@H](O)[C@@H]3OC)O[C@@H]2CO)O[C@H](CO)[C@@H](O)[C@@H]1O. The van der Waals surface area contributed by atoms with E-state index in [9.17, 15) is 60.3 Å². The van der Waals surface area contributed by atoms with Crippen LogP contribution < -0.4 is 16.0 Å². The fourth-order valence-electron chi connectivity index (χ4n) is 9.22. The lowest BCUT2D eigenvalue weighted by Crippen LogP contribution is -2.71. The first-order valence-electron chi connectivity index (χ1n) is 25.0. The third-order valence-electron chi connectivity index (χ3n) is 13.2. The van der Waals surface area contributed by atoms with Crippen molar-refractivity contribution in [1.82, 2.24) is 16.0 Å². The number of aliphatic hydroxyl groups excluding tert-OH is 9. The molecule has 1 unspecified atom stereocenters. The van der Waals surface area contributed by atoms with Gasteiger partial charge in [-0.1, -0.05) is 70.4 Å². The predicted molar refractivity (Wildman–Crippen MR) is 246 cm³/mol. The van der Waals surface area contributed by atoms with Crippen molar-refractivity contribution < 1.29 is 98.2 Å². The fourth-order valence-corrected chi connectivity index (χ4v) is 9.22. The van der Waals surface area contributed by atoms with Crippen LogP contribution in [0.4, 0.5) is 0 Å². The molecule has 0 radical (unpaired) electrons. The molecule has 23 heteroatoms. The second-order valence-corrected chi connectivity index (χ2v) is 18.8. The van der Waals surface area contributed by atoms with Crippen LogP contribution in [0.1, 0.15) is 118 Å². The molecule has 4 aliphatic rings. The lowest BCUT2D eigenvalue weighted by atomic mass is 9.93. The van der Waals surface area contributed by atoms with E-state index in [4.69, 9.17) is 37.9 Å². The molecule has 406 valence electrons. The Balaban J connectivity index is 1.43. The summed E-state index contributed by atoms with van der Waals surface area (Å²) in [6.45, 7) is 3.73. The van der Waals surface area contributed by atoms with E-state index in [-0.39, 0.29) is 6.42 Å². The smallest absolute Gasteiger partial charge is 0.220 e. The number of methoxy groups -OCH3 is 1. The molecule has 0 bridgehead atoms. The molecule has 0 aliphatic carbocycles. The van der Waals surface area contributed by atoms with Crippen molar-refractivity contribution in [3.8, 4) is 0 Å². The molecule has 0 aromatic carbocycles. The molecule has 0 saturated carbocycles. The zero-order chi connectivity index (χ0) is 51.5. The number of unbranched alkanes of at least 4 members (excludes halogenated alkanes) is 11. The van der Waals surface area contributed by atoms with E-state index < -0.39 is 160 Å². The summed E-state index contributed by atoms with van der Waals surface area (Å²) < 4.78 is 47.0. The van der Waals surface area contributed by atoms with Crippen molar-refractivity contribution in [2.45, 2.75) is 240 Å². The van der Waals surface area contributed by atoms with E-state index in [2.05, 4.69) is 35.0 Å². The molecule has 12 N–H and O–H groups in total. The number of carbonyl (C=O) groups excluding carboxylic acids is 3. The molecule has 4 heterocycles. The van der Waals surface area contributed by atoms with Gasteiger partial charge in [0.25, 0.3) is 0 Å². The van der Waals surface area contributed by atoms with Gasteiger partial charge in [0.15, 0.2) is 25.2 Å². The van der Waals surface area contributed by atoms with Crippen LogP contribution in [0.25, 0.3) is 0 Å². The minimum absolute atomic E-state index is 0.0734. The lowest BCUT2D eigenvalue weighted by molar-refractivity contribution is -0.356. The quantitative estimate of drug-likeness (QED) is 0.0310. The van der Waals surface area contributed by atoms with Gasteiger partial charge in [-0.05, 0) is 39.0 Å². The van der Waals surface area contributed by atoms with E-state index >= 15 is 0 Å². The largest absolute Gasteiger partial charge is 0.394 e. The van der Waals surface area contributed by atoms with E-state index in [1.165, 1.54) is 39.7 Å². The van der Waals surface area contributed by atoms with Gasteiger partial charge in [-0.3, -0.25) is 14.4 Å². The first-order valence-corrected chi connectivity index (χ1v) is 25.0. The normalized spacial score (nSPS) is 38.1. The predicted octanol–water partition coefficient (Wildman–Crippen LogP) is -1.62. The summed E-state index contributed by atoms with van der Waals surface area (Å²) in [6.07, 6.45) is -7.62. The van der Waals surface area contributed by atoms with Gasteiger partial charge in [-0.25, -0.2) is 0 Å². The second kappa shape index (κ2) is 30.6. The van der Waals surface area contributed by atoms with Crippen LogP contribution in [0.15, 0.2) is 12.2 Å². The van der Waals surface area contributed by atoms with Crippen LogP contribution in [-0.2, 0) is 52.3 Å². The number of nitrogens with one attached hydrogen (secondary N) is 3. The number of aliphatic hydroxyl groups is 9. The van der Waals surface area contributed by atoms with Crippen molar-refractivity contribution in [2.75, 3.05) is 26.9 Å². The first kappa shape index (κ1) is 60.0. The Morgan fingerprint density at radius 2 is 1.06 bits per heavy atom. The summed E-state index contributed by atoms with van der Waals surface area (Å²) in [7, 11) is 1.25. The zero-order valence-electron chi connectivity index (χ0n) is 41.2. The molecule has 4 fully saturated rings. The van der Waals surface area contributed by atoms with Gasteiger partial charge in [-0.2, -0.15) is 0 Å². The van der Waals surface area contributed by atoms with E-state index in [1.807, 2.05) is 0 Å². The van der Waals surface area contributed by atoms with E-state index in [0.717, 1.165) is 65.2 Å². The highest BCUT2D eigenvalue weighted by atomic mass is 16.8. The Bertz CT molecular complexity index is 1570. The third-order valence-corrected chi connectivity index (χ3v) is 13.2. The average molecular weight is 1010 g/mol. The topological polar surface area (TPSA) is 343 Å². The first-order chi connectivity index (χ1) is 33.5. The van der Waals surface area contributed by atoms with Gasteiger partial charge in [-0.15, -0.1) is 0 Å². The van der Waals surface area contributed by atoms with Crippen molar-refractivity contribution >= 4 is 17.7 Å². The Hall–Kier alpha value is -2.53. The molecular weight excluding hydrogens is 927 g/mol. The van der Waals surface area contributed by atoms with E-state index in [1.54, 1.807) is 0 Å². The number of allylic oxidation sites excluding steroid dienone is 2. The maximum atomic E-state index is 13.3. The van der Waals surface area contributed by atoms with Crippen LogP contribution in [0.3, 0.4) is 0 Å². The number of carbonyl (C=O) groups is 3. The maximum absolute atomic E-state index is 13.3. The standard InChI is InChI=1S/C47H83N3O20/c1-6-7-8-9-10-11-12-13-14-15-16-17-18-19-20-21-31(55)50-33-37(58)36(57)28(22-51)67-45(33)69-41-29(23-52)68-46(34(39(41)60)49-27(4)54)70-42-30(66-44(62)32(38(42)59)48-26(3)53)24-64-47-43(63-5)40(61)35(56)25(2)65-47/h11-12,25,28-30,32-47,51-52,56-62H,6-10,13-24H2,1-5H3,(H,48,53)(H,49,54)(H,50,55)/b12-11-/t25-,28+,29+,30+,32+,33+,34+,35+,36+,37+,38+,39+,40+,41+,42+,43-,44?,45-,46-,47+/m0/s1. The zero-order valence-corrected chi connectivity index (χ0v) is 41.2. The van der Waals surface area contributed by atoms with Gasteiger partial charge in [0, 0.05) is 27.4 Å². The second-order valence-electron chi connectivity index (χ2n) is 18.8. The Kier molecular flexibility index (Phi) is 26.3. The fraction of sp³-hybridized carbons (Fsp3) is 0.894. The monoisotopic (exact) mass is 1010 g/mol. The highest BCUT2D eigenvalue weighted by Crippen LogP contribution is 2.34. The maximum Gasteiger partial charge on any atom is 0.220 e. The van der Waals surface area contributed by atoms with Crippen molar-refractivity contribution in [2.24, 2.45) is 0 Å². The minimum atomic E-state index is -1.85. The molecule has 0 aromatic rings. The average Bonchev–Trinajstić information content (AvgIpc) is 3.32. The molecule has 4 aliphatic heterocycles. The van der Waals surface area contributed by atoms with Gasteiger partial charge < -0.3 is 99.8 Å². The van der Waals surface area contributed by atoms with Crippen molar-refractivity contribution in [3.63, 3.8) is 0 Å². The summed E-state index contributed by atoms with van der Waals surface area (Å²) in [5.74, 6) is -1.87. The van der Waals surface area contributed by atoms with Gasteiger partial charge >= 0.3 is 0 Å². The number of ether oxygens (including phenoxy) is 8. The van der Waals surface area contributed by atoms with Crippen LogP contribution in [0.2, 0.25) is 0 Å². The highest BCUT2D eigenvalue weighted by Gasteiger charge is 2.55. The molecule has 0 spiro atoms. The van der Waals surface area contributed by atoms with Gasteiger partial charge in [0.2, 0.25) is 17.7 Å². The summed E-state index contributed by atoms with van der Waals surface area (Å²) in [4.78, 5) is 38.1. The van der Waals surface area contributed by atoms with Crippen molar-refractivity contribution in [3.05, 3.63) is 12.2 Å². The number of amides is 3. The van der Waals surface area contributed by atoms with Crippen molar-refractivity contribution in [1.29, 1.82) is 0 Å². The van der Waals surface area contributed by atoms with Crippen LogP contribution in [-0.4, -0.2) is 213 Å². The summed E-state index contributed by atoms with van der Waals surface area (Å²) >= 11 is 0. The molecule has 4 saturated heterocycles. The van der Waals surface area contributed by atoms with Gasteiger partial charge in [0.05, 0.1) is 25.9 Å². The molecule has 23 nitrogen and oxygen atoms in total. The Labute approximate surface area is 410 Å². The Morgan fingerprint density at radius 3 is 1.63 bits per heavy atom. The molecule has 20 atom stereocenters. The summed E-state index contributed by atoms with van der Waals surface area (Å²) in [5, 5.41) is 106. The number of hydrogen-bond acceptors (Lipinski definition) is 20. The molecular formula is C47H83N3O20. The van der Waals surface area contributed by atoms with Crippen LogP contribution >= 0.6 is 0 Å². The van der Waals surface area contributed by atoms with E-state index in [0.29, 0.717) is 6.42 Å². The third kappa shape index (κ3) is 17.3. The number of hydrogen-bond donors (Lipinski definition) is 12. The molecule has 70 heavy (non-hydrogen) atoms. The number of rotatable bonds is 28. The lowest BCUT2D eigenvalue weighted by Gasteiger charge is -2.50. The summed E-state index contributed by atoms with van der Waals surface area (Å²) in [6, 6.07) is -4.54. The molecule has 4 rings (SSSR count). The van der Waals surface area contributed by atoms with Gasteiger partial charge in [0.1, 0.15) is 91.4 Å².